The molecule has 0 aliphatic carbocycles. The van der Waals surface area contributed by atoms with Gasteiger partial charge in [0, 0.05) is 5.54 Å². The minimum atomic E-state index is -0.819. The standard InChI is InChI=1S/C10H13ClFNO/c1-10(2,13)8-7(12)5-4-6(11)9(8)14-3/h4-5H,13H2,1-3H3. The topological polar surface area (TPSA) is 35.2 Å². The van der Waals surface area contributed by atoms with Crippen molar-refractivity contribution in [2.45, 2.75) is 19.4 Å². The van der Waals surface area contributed by atoms with Crippen LogP contribution < -0.4 is 10.5 Å². The first-order valence-corrected chi connectivity index (χ1v) is 4.57. The van der Waals surface area contributed by atoms with Gasteiger partial charge in [-0.3, -0.25) is 0 Å². The molecule has 0 atom stereocenters. The molecule has 1 rings (SSSR count). The molecule has 1 aromatic carbocycles. The van der Waals surface area contributed by atoms with Crippen LogP contribution in [0, 0.1) is 5.82 Å². The molecular formula is C10H13ClFNO. The van der Waals surface area contributed by atoms with E-state index in [9.17, 15) is 4.39 Å². The molecule has 0 aromatic heterocycles. The van der Waals surface area contributed by atoms with Crippen molar-refractivity contribution in [3.63, 3.8) is 0 Å². The van der Waals surface area contributed by atoms with Crippen LogP contribution in [0.1, 0.15) is 19.4 Å². The van der Waals surface area contributed by atoms with Crippen LogP contribution in [0.25, 0.3) is 0 Å². The Hall–Kier alpha value is -0.800. The molecule has 0 saturated carbocycles. The second-order valence-electron chi connectivity index (χ2n) is 3.66. The first-order chi connectivity index (χ1) is 6.38. The molecule has 0 aliphatic rings. The lowest BCUT2D eigenvalue weighted by molar-refractivity contribution is 0.384. The Morgan fingerprint density at radius 3 is 2.36 bits per heavy atom. The van der Waals surface area contributed by atoms with E-state index < -0.39 is 11.4 Å². The van der Waals surface area contributed by atoms with Gasteiger partial charge in [-0.2, -0.15) is 0 Å². The van der Waals surface area contributed by atoms with Crippen LogP contribution in [-0.4, -0.2) is 7.11 Å². The highest BCUT2D eigenvalue weighted by Gasteiger charge is 2.25. The number of ether oxygens (including phenoxy) is 1. The summed E-state index contributed by atoms with van der Waals surface area (Å²) in [6.45, 7) is 3.40. The largest absolute Gasteiger partial charge is 0.495 e. The van der Waals surface area contributed by atoms with Crippen LogP contribution in [0.3, 0.4) is 0 Å². The summed E-state index contributed by atoms with van der Waals surface area (Å²) in [5, 5.41) is 0.363. The lowest BCUT2D eigenvalue weighted by atomic mass is 9.94. The Morgan fingerprint density at radius 1 is 1.43 bits per heavy atom. The summed E-state index contributed by atoms with van der Waals surface area (Å²) < 4.78 is 18.5. The van der Waals surface area contributed by atoms with Crippen LogP contribution in [0.4, 0.5) is 4.39 Å². The Morgan fingerprint density at radius 2 is 2.00 bits per heavy atom. The summed E-state index contributed by atoms with van der Waals surface area (Å²) >= 11 is 5.86. The Bertz CT molecular complexity index is 347. The molecular weight excluding hydrogens is 205 g/mol. The fourth-order valence-electron chi connectivity index (χ4n) is 1.33. The minimum absolute atomic E-state index is 0.299. The summed E-state index contributed by atoms with van der Waals surface area (Å²) in [5.41, 5.74) is 5.30. The maximum atomic E-state index is 13.5. The van der Waals surface area contributed by atoms with E-state index in [1.165, 1.54) is 19.2 Å². The third-order valence-electron chi connectivity index (χ3n) is 1.91. The van der Waals surface area contributed by atoms with Gasteiger partial charge < -0.3 is 10.5 Å². The zero-order valence-electron chi connectivity index (χ0n) is 8.40. The molecule has 0 fully saturated rings. The molecule has 0 radical (unpaired) electrons. The predicted octanol–water partition coefficient (Wildman–Crippen LogP) is 2.68. The van der Waals surface area contributed by atoms with Crippen molar-refractivity contribution in [2.24, 2.45) is 5.73 Å². The number of hydrogen-bond acceptors (Lipinski definition) is 2. The van der Waals surface area contributed by atoms with Gasteiger partial charge in [0.2, 0.25) is 0 Å². The van der Waals surface area contributed by atoms with Crippen LogP contribution in [0.15, 0.2) is 12.1 Å². The highest BCUT2D eigenvalue weighted by atomic mass is 35.5. The number of halogens is 2. The molecule has 0 bridgehead atoms. The van der Waals surface area contributed by atoms with Crippen molar-refractivity contribution in [1.29, 1.82) is 0 Å². The molecule has 78 valence electrons. The number of methoxy groups -OCH3 is 1. The van der Waals surface area contributed by atoms with Crippen molar-refractivity contribution < 1.29 is 9.13 Å². The van der Waals surface area contributed by atoms with Gasteiger partial charge >= 0.3 is 0 Å². The first kappa shape index (κ1) is 11.3. The molecule has 1 aromatic rings. The van der Waals surface area contributed by atoms with Crippen molar-refractivity contribution in [3.8, 4) is 5.75 Å². The third-order valence-corrected chi connectivity index (χ3v) is 2.20. The summed E-state index contributed by atoms with van der Waals surface area (Å²) in [6, 6.07) is 2.74. The fourth-order valence-corrected chi connectivity index (χ4v) is 1.57. The molecule has 0 spiro atoms. The van der Waals surface area contributed by atoms with Crippen molar-refractivity contribution in [1.82, 2.24) is 0 Å². The van der Waals surface area contributed by atoms with Gasteiger partial charge in [-0.15, -0.1) is 0 Å². The Kier molecular flexibility index (Phi) is 3.02. The minimum Gasteiger partial charge on any atom is -0.495 e. The molecule has 0 amide bonds. The van der Waals surface area contributed by atoms with Crippen molar-refractivity contribution in [3.05, 3.63) is 28.5 Å². The molecule has 0 heterocycles. The van der Waals surface area contributed by atoms with E-state index in [0.29, 0.717) is 16.3 Å². The van der Waals surface area contributed by atoms with E-state index >= 15 is 0 Å². The molecule has 0 saturated heterocycles. The average molecular weight is 218 g/mol. The van der Waals surface area contributed by atoms with Gasteiger partial charge in [0.25, 0.3) is 0 Å². The smallest absolute Gasteiger partial charge is 0.145 e. The highest BCUT2D eigenvalue weighted by Crippen LogP contribution is 2.36. The maximum Gasteiger partial charge on any atom is 0.145 e. The highest BCUT2D eigenvalue weighted by molar-refractivity contribution is 6.32. The summed E-state index contributed by atoms with van der Waals surface area (Å²) in [4.78, 5) is 0. The predicted molar refractivity (Wildman–Crippen MR) is 55.2 cm³/mol. The van der Waals surface area contributed by atoms with Gasteiger partial charge in [-0.25, -0.2) is 4.39 Å². The zero-order valence-corrected chi connectivity index (χ0v) is 9.15. The van der Waals surface area contributed by atoms with Gasteiger partial charge in [0.15, 0.2) is 0 Å². The molecule has 14 heavy (non-hydrogen) atoms. The molecule has 0 aliphatic heterocycles. The number of hydrogen-bond donors (Lipinski definition) is 1. The van der Waals surface area contributed by atoms with E-state index in [1.54, 1.807) is 13.8 Å². The summed E-state index contributed by atoms with van der Waals surface area (Å²) in [7, 11) is 1.44. The summed E-state index contributed by atoms with van der Waals surface area (Å²) in [5.74, 6) is -0.0992. The molecule has 0 unspecified atom stereocenters. The number of nitrogens with two attached hydrogens (primary N) is 1. The van der Waals surface area contributed by atoms with E-state index in [-0.39, 0.29) is 0 Å². The van der Waals surface area contributed by atoms with E-state index in [1.807, 2.05) is 0 Å². The first-order valence-electron chi connectivity index (χ1n) is 4.19. The quantitative estimate of drug-likeness (QED) is 0.827. The number of rotatable bonds is 2. The second kappa shape index (κ2) is 3.75. The number of benzene rings is 1. The third kappa shape index (κ3) is 1.99. The van der Waals surface area contributed by atoms with Crippen LogP contribution in [0.2, 0.25) is 5.02 Å². The van der Waals surface area contributed by atoms with Gasteiger partial charge in [-0.05, 0) is 26.0 Å². The molecule has 2 nitrogen and oxygen atoms in total. The second-order valence-corrected chi connectivity index (χ2v) is 4.07. The maximum absolute atomic E-state index is 13.5. The average Bonchev–Trinajstić information content (AvgIpc) is 2.06. The summed E-state index contributed by atoms with van der Waals surface area (Å²) in [6.07, 6.45) is 0. The lowest BCUT2D eigenvalue weighted by Crippen LogP contribution is -2.30. The van der Waals surface area contributed by atoms with Crippen molar-refractivity contribution in [2.75, 3.05) is 7.11 Å². The van der Waals surface area contributed by atoms with Crippen molar-refractivity contribution >= 4 is 11.6 Å². The zero-order chi connectivity index (χ0) is 10.9. The molecule has 4 heteroatoms. The van der Waals surface area contributed by atoms with Crippen LogP contribution in [0.5, 0.6) is 5.75 Å². The van der Waals surface area contributed by atoms with E-state index in [2.05, 4.69) is 0 Å². The fraction of sp³-hybridized carbons (Fsp3) is 0.400. The lowest BCUT2D eigenvalue weighted by Gasteiger charge is -2.23. The normalized spacial score (nSPS) is 11.6. The monoisotopic (exact) mass is 217 g/mol. The van der Waals surface area contributed by atoms with E-state index in [0.717, 1.165) is 0 Å². The van der Waals surface area contributed by atoms with Crippen LogP contribution in [-0.2, 0) is 5.54 Å². The SMILES string of the molecule is COc1c(Cl)ccc(F)c1C(C)(C)N. The Labute approximate surface area is 87.8 Å². The molecule has 2 N–H and O–H groups in total. The van der Waals surface area contributed by atoms with Crippen LogP contribution >= 0.6 is 11.6 Å². The van der Waals surface area contributed by atoms with Gasteiger partial charge in [0.1, 0.15) is 11.6 Å². The van der Waals surface area contributed by atoms with Gasteiger partial charge in [-0.1, -0.05) is 11.6 Å². The van der Waals surface area contributed by atoms with E-state index in [4.69, 9.17) is 22.1 Å². The van der Waals surface area contributed by atoms with Gasteiger partial charge in [0.05, 0.1) is 17.7 Å². The Balaban J connectivity index is 3.46.